The van der Waals surface area contributed by atoms with Crippen molar-refractivity contribution in [3.63, 3.8) is 0 Å². The number of aryl methyl sites for hydroxylation is 1. The van der Waals surface area contributed by atoms with E-state index in [9.17, 15) is 9.59 Å². The van der Waals surface area contributed by atoms with Gasteiger partial charge in [-0.25, -0.2) is 0 Å². The van der Waals surface area contributed by atoms with Crippen LogP contribution in [-0.2, 0) is 14.3 Å². The zero-order valence-electron chi connectivity index (χ0n) is 11.1. The van der Waals surface area contributed by atoms with Crippen LogP contribution in [0.4, 0.5) is 0 Å². The predicted molar refractivity (Wildman–Crippen MR) is 83.1 cm³/mol. The zero-order valence-corrected chi connectivity index (χ0v) is 12.7. The Kier molecular flexibility index (Phi) is 4.57. The largest absolute Gasteiger partial charge is 0.468 e. The number of esters is 1. The van der Waals surface area contributed by atoms with Crippen molar-refractivity contribution >= 4 is 46.3 Å². The Balaban J connectivity index is 2.19. The summed E-state index contributed by atoms with van der Waals surface area (Å²) >= 11 is 6.31. The van der Waals surface area contributed by atoms with Crippen molar-refractivity contribution in [3.8, 4) is 0 Å². The topological polar surface area (TPSA) is 46.6 Å². The summed E-state index contributed by atoms with van der Waals surface area (Å²) < 4.78 is 4.93. The van der Waals surface area contributed by atoms with Crippen LogP contribution in [0.5, 0.6) is 0 Å². The molecule has 1 aliphatic rings. The highest BCUT2D eigenvalue weighted by atomic mass is 32.2. The zero-order chi connectivity index (χ0) is 14.7. The average Bonchev–Trinajstić information content (AvgIpc) is 2.69. The number of amides is 1. The highest BCUT2D eigenvalue weighted by Gasteiger charge is 2.33. The van der Waals surface area contributed by atoms with E-state index in [4.69, 9.17) is 12.2 Å². The van der Waals surface area contributed by atoms with Crippen LogP contribution in [0.3, 0.4) is 0 Å². The van der Waals surface area contributed by atoms with Gasteiger partial charge in [0.2, 0.25) is 0 Å². The van der Waals surface area contributed by atoms with E-state index < -0.39 is 5.97 Å². The van der Waals surface area contributed by atoms with Gasteiger partial charge < -0.3 is 4.74 Å². The molecule has 6 heteroatoms. The molecule has 0 spiro atoms. The van der Waals surface area contributed by atoms with E-state index in [1.54, 1.807) is 6.08 Å². The molecule has 1 saturated heterocycles. The second kappa shape index (κ2) is 6.19. The van der Waals surface area contributed by atoms with E-state index in [2.05, 4.69) is 4.74 Å². The molecule has 4 nitrogen and oxygen atoms in total. The number of nitrogens with zero attached hydrogens (tertiary/aromatic N) is 1. The molecule has 20 heavy (non-hydrogen) atoms. The van der Waals surface area contributed by atoms with Gasteiger partial charge in [0.05, 0.1) is 12.0 Å². The van der Waals surface area contributed by atoms with Crippen LogP contribution < -0.4 is 0 Å². The maximum absolute atomic E-state index is 12.2. The molecule has 0 saturated carbocycles. The Bertz CT molecular complexity index is 593. The van der Waals surface area contributed by atoms with E-state index in [0.717, 1.165) is 11.1 Å². The first-order valence-corrected chi connectivity index (χ1v) is 7.12. The molecule has 1 aliphatic heterocycles. The number of hydrogen-bond acceptors (Lipinski definition) is 5. The fraction of sp³-hybridized carbons (Fsp3) is 0.214. The van der Waals surface area contributed by atoms with Gasteiger partial charge in [0.1, 0.15) is 10.9 Å². The molecule has 0 unspecified atom stereocenters. The minimum Gasteiger partial charge on any atom is -0.468 e. The molecule has 1 fully saturated rings. The summed E-state index contributed by atoms with van der Waals surface area (Å²) in [5, 5.41) is 0. The third-order valence-corrected chi connectivity index (χ3v) is 4.14. The van der Waals surface area contributed by atoms with Crippen molar-refractivity contribution in [2.45, 2.75) is 6.92 Å². The molecular formula is C14H13NO3S2. The molecule has 1 amide bonds. The Morgan fingerprint density at radius 3 is 2.65 bits per heavy atom. The highest BCUT2D eigenvalue weighted by molar-refractivity contribution is 8.26. The van der Waals surface area contributed by atoms with Crippen molar-refractivity contribution in [2.24, 2.45) is 0 Å². The van der Waals surface area contributed by atoms with Crippen LogP contribution in [0.1, 0.15) is 11.1 Å². The first-order valence-electron chi connectivity index (χ1n) is 5.90. The number of rotatable bonds is 3. The minimum absolute atomic E-state index is 0.146. The molecular weight excluding hydrogens is 294 g/mol. The molecule has 2 rings (SSSR count). The molecule has 0 aromatic heterocycles. The monoisotopic (exact) mass is 307 g/mol. The summed E-state index contributed by atoms with van der Waals surface area (Å²) in [5.41, 5.74) is 2.08. The smallest absolute Gasteiger partial charge is 0.325 e. The molecule has 0 atom stereocenters. The number of ether oxygens (including phenoxy) is 1. The molecule has 0 N–H and O–H groups in total. The summed E-state index contributed by atoms with van der Waals surface area (Å²) in [7, 11) is 1.28. The molecule has 0 aliphatic carbocycles. The lowest BCUT2D eigenvalue weighted by molar-refractivity contribution is -0.143. The van der Waals surface area contributed by atoms with Gasteiger partial charge in [0.25, 0.3) is 5.91 Å². The maximum atomic E-state index is 12.2. The van der Waals surface area contributed by atoms with E-state index in [1.807, 2.05) is 31.2 Å². The average molecular weight is 307 g/mol. The quantitative estimate of drug-likeness (QED) is 0.487. The van der Waals surface area contributed by atoms with Crippen LogP contribution in [-0.4, -0.2) is 34.8 Å². The van der Waals surface area contributed by atoms with Crippen molar-refractivity contribution in [2.75, 3.05) is 13.7 Å². The van der Waals surface area contributed by atoms with Crippen molar-refractivity contribution in [1.82, 2.24) is 4.90 Å². The molecule has 0 radical (unpaired) electrons. The van der Waals surface area contributed by atoms with E-state index in [1.165, 1.54) is 23.8 Å². The van der Waals surface area contributed by atoms with Gasteiger partial charge in [-0.1, -0.05) is 53.8 Å². The van der Waals surface area contributed by atoms with E-state index in [0.29, 0.717) is 9.23 Å². The van der Waals surface area contributed by atoms with Crippen LogP contribution in [0, 0.1) is 6.92 Å². The number of hydrogen-bond donors (Lipinski definition) is 0. The van der Waals surface area contributed by atoms with Gasteiger partial charge in [0.15, 0.2) is 0 Å². The molecule has 0 bridgehead atoms. The summed E-state index contributed by atoms with van der Waals surface area (Å²) in [6, 6.07) is 7.81. The fourth-order valence-corrected chi connectivity index (χ4v) is 2.90. The number of methoxy groups -OCH3 is 1. The molecule has 1 aromatic rings. The second-order valence-corrected chi connectivity index (χ2v) is 5.93. The second-order valence-electron chi connectivity index (χ2n) is 4.25. The first kappa shape index (κ1) is 14.7. The normalized spacial score (nSPS) is 16.9. The summed E-state index contributed by atoms with van der Waals surface area (Å²) in [5.74, 6) is -0.746. The summed E-state index contributed by atoms with van der Waals surface area (Å²) in [4.78, 5) is 25.2. The number of thioether (sulfide) groups is 1. The maximum Gasteiger partial charge on any atom is 0.325 e. The number of benzene rings is 1. The predicted octanol–water partition coefficient (Wildman–Crippen LogP) is 2.37. The third kappa shape index (κ3) is 3.26. The lowest BCUT2D eigenvalue weighted by Crippen LogP contribution is -2.33. The Morgan fingerprint density at radius 2 is 2.05 bits per heavy atom. The number of thiocarbonyl (C=S) groups is 1. The van der Waals surface area contributed by atoms with Gasteiger partial charge in [-0.05, 0) is 18.6 Å². The standard InChI is InChI=1S/C14H13NO3S2/c1-9-3-5-10(6-4-9)7-11-13(17)15(14(19)20-11)8-12(16)18-2/h3-7H,8H2,1-2H3/b11-7-. The molecule has 1 heterocycles. The lowest BCUT2D eigenvalue weighted by Gasteiger charge is -2.11. The van der Waals surface area contributed by atoms with Crippen LogP contribution in [0.15, 0.2) is 29.2 Å². The van der Waals surface area contributed by atoms with Crippen molar-refractivity contribution in [3.05, 3.63) is 40.3 Å². The SMILES string of the molecule is COC(=O)CN1C(=O)/C(=C/c2ccc(C)cc2)SC1=S. The lowest BCUT2D eigenvalue weighted by atomic mass is 10.1. The van der Waals surface area contributed by atoms with Crippen molar-refractivity contribution < 1.29 is 14.3 Å². The fourth-order valence-electron chi connectivity index (χ4n) is 1.64. The number of carbonyl (C=O) groups excluding carboxylic acids is 2. The molecule has 1 aromatic carbocycles. The van der Waals surface area contributed by atoms with Crippen LogP contribution in [0.25, 0.3) is 6.08 Å². The van der Waals surface area contributed by atoms with Gasteiger partial charge in [-0.15, -0.1) is 0 Å². The van der Waals surface area contributed by atoms with Crippen LogP contribution >= 0.6 is 24.0 Å². The first-order chi connectivity index (χ1) is 9.51. The third-order valence-electron chi connectivity index (χ3n) is 2.76. The Labute approximate surface area is 126 Å². The molecule has 104 valence electrons. The van der Waals surface area contributed by atoms with E-state index in [-0.39, 0.29) is 12.5 Å². The summed E-state index contributed by atoms with van der Waals surface area (Å²) in [6.07, 6.45) is 1.77. The van der Waals surface area contributed by atoms with Gasteiger partial charge >= 0.3 is 5.97 Å². The highest BCUT2D eigenvalue weighted by Crippen LogP contribution is 2.32. The van der Waals surface area contributed by atoms with E-state index >= 15 is 0 Å². The Morgan fingerprint density at radius 1 is 1.40 bits per heavy atom. The Hall–Kier alpha value is -1.66. The van der Waals surface area contributed by atoms with Crippen molar-refractivity contribution in [1.29, 1.82) is 0 Å². The number of carbonyl (C=O) groups is 2. The summed E-state index contributed by atoms with van der Waals surface area (Å²) in [6.45, 7) is 1.85. The van der Waals surface area contributed by atoms with Gasteiger partial charge in [-0.2, -0.15) is 0 Å². The minimum atomic E-state index is -0.488. The van der Waals surface area contributed by atoms with Gasteiger partial charge in [0, 0.05) is 0 Å². The van der Waals surface area contributed by atoms with Gasteiger partial charge in [-0.3, -0.25) is 14.5 Å². The van der Waals surface area contributed by atoms with Crippen LogP contribution in [0.2, 0.25) is 0 Å².